The normalized spacial score (nSPS) is 10.9. The number of phenolic OH excluding ortho intramolecular Hbond substituents is 2. The van der Waals surface area contributed by atoms with E-state index in [2.05, 4.69) is 12.2 Å². The van der Waals surface area contributed by atoms with Crippen LogP contribution in [0.4, 0.5) is 0 Å². The second-order valence-corrected chi connectivity index (χ2v) is 4.05. The van der Waals surface area contributed by atoms with Crippen LogP contribution in [0, 0.1) is 0 Å². The minimum atomic E-state index is 0.211. The van der Waals surface area contributed by atoms with Gasteiger partial charge in [-0.05, 0) is 37.2 Å². The van der Waals surface area contributed by atoms with Gasteiger partial charge in [0, 0.05) is 10.8 Å². The molecule has 90 valence electrons. The van der Waals surface area contributed by atoms with Crippen molar-refractivity contribution in [1.82, 2.24) is 5.32 Å². The number of aromatic hydroxyl groups is 2. The first-order valence-electron chi connectivity index (χ1n) is 5.87. The zero-order valence-corrected chi connectivity index (χ0v) is 9.90. The third-order valence-corrected chi connectivity index (χ3v) is 2.90. The highest BCUT2D eigenvalue weighted by atomic mass is 16.3. The van der Waals surface area contributed by atoms with Crippen LogP contribution in [0.5, 0.6) is 11.5 Å². The summed E-state index contributed by atoms with van der Waals surface area (Å²) in [6, 6.07) is 8.77. The smallest absolute Gasteiger partial charge is 0.123 e. The average Bonchev–Trinajstić information content (AvgIpc) is 2.33. The van der Waals surface area contributed by atoms with E-state index in [-0.39, 0.29) is 11.5 Å². The van der Waals surface area contributed by atoms with Gasteiger partial charge in [0.1, 0.15) is 11.5 Å². The van der Waals surface area contributed by atoms with Crippen LogP contribution < -0.4 is 5.32 Å². The fourth-order valence-corrected chi connectivity index (χ4v) is 2.05. The molecule has 0 saturated heterocycles. The first kappa shape index (κ1) is 11.7. The molecule has 0 fully saturated rings. The molecule has 0 saturated carbocycles. The lowest BCUT2D eigenvalue weighted by atomic mass is 10.0. The van der Waals surface area contributed by atoms with E-state index in [1.807, 2.05) is 12.1 Å². The molecule has 0 aliphatic heterocycles. The molecule has 0 unspecified atom stereocenters. The van der Waals surface area contributed by atoms with Crippen LogP contribution in [0.15, 0.2) is 30.3 Å². The molecule has 3 heteroatoms. The lowest BCUT2D eigenvalue weighted by Crippen LogP contribution is -2.16. The standard InChI is InChI=1S/C14H17NO2/c1-2-15-9-8-10-6-7-12(16)11-4-3-5-13(17)14(10)11/h3-7,15-17H,2,8-9H2,1H3. The van der Waals surface area contributed by atoms with Crippen molar-refractivity contribution in [2.75, 3.05) is 13.1 Å². The quantitative estimate of drug-likeness (QED) is 0.708. The van der Waals surface area contributed by atoms with Crippen molar-refractivity contribution >= 4 is 10.8 Å². The number of hydrogen-bond donors (Lipinski definition) is 3. The van der Waals surface area contributed by atoms with Crippen molar-refractivity contribution in [3.8, 4) is 11.5 Å². The van der Waals surface area contributed by atoms with Gasteiger partial charge >= 0.3 is 0 Å². The van der Waals surface area contributed by atoms with Crippen LogP contribution >= 0.6 is 0 Å². The van der Waals surface area contributed by atoms with Gasteiger partial charge in [-0.15, -0.1) is 0 Å². The van der Waals surface area contributed by atoms with E-state index in [4.69, 9.17) is 0 Å². The van der Waals surface area contributed by atoms with Gasteiger partial charge in [-0.1, -0.05) is 25.1 Å². The molecule has 2 rings (SSSR count). The molecule has 0 atom stereocenters. The molecule has 0 aliphatic carbocycles. The number of nitrogens with one attached hydrogen (secondary N) is 1. The third kappa shape index (κ3) is 2.34. The Balaban J connectivity index is 2.45. The molecule has 2 aromatic rings. The second kappa shape index (κ2) is 5.06. The molecule has 0 heterocycles. The number of fused-ring (bicyclic) bond motifs is 1. The number of rotatable bonds is 4. The Morgan fingerprint density at radius 3 is 2.65 bits per heavy atom. The van der Waals surface area contributed by atoms with Crippen molar-refractivity contribution in [3.05, 3.63) is 35.9 Å². The van der Waals surface area contributed by atoms with Gasteiger partial charge in [0.2, 0.25) is 0 Å². The van der Waals surface area contributed by atoms with E-state index >= 15 is 0 Å². The Hall–Kier alpha value is -1.74. The van der Waals surface area contributed by atoms with Crippen LogP contribution in [0.3, 0.4) is 0 Å². The summed E-state index contributed by atoms with van der Waals surface area (Å²) in [5, 5.41) is 24.4. The van der Waals surface area contributed by atoms with E-state index in [1.54, 1.807) is 18.2 Å². The highest BCUT2D eigenvalue weighted by molar-refractivity contribution is 5.95. The third-order valence-electron chi connectivity index (χ3n) is 2.90. The number of phenols is 2. The molecular formula is C14H17NO2. The predicted octanol–water partition coefficient (Wildman–Crippen LogP) is 2.40. The van der Waals surface area contributed by atoms with Crippen LogP contribution in [0.1, 0.15) is 12.5 Å². The van der Waals surface area contributed by atoms with E-state index in [1.165, 1.54) is 0 Å². The van der Waals surface area contributed by atoms with Crippen LogP contribution in [-0.2, 0) is 6.42 Å². The van der Waals surface area contributed by atoms with Gasteiger partial charge in [-0.3, -0.25) is 0 Å². The van der Waals surface area contributed by atoms with Gasteiger partial charge in [-0.25, -0.2) is 0 Å². The Kier molecular flexibility index (Phi) is 3.49. The highest BCUT2D eigenvalue weighted by Gasteiger charge is 2.08. The van der Waals surface area contributed by atoms with Crippen LogP contribution in [0.2, 0.25) is 0 Å². The largest absolute Gasteiger partial charge is 0.507 e. The second-order valence-electron chi connectivity index (χ2n) is 4.05. The molecule has 17 heavy (non-hydrogen) atoms. The molecule has 0 spiro atoms. The SMILES string of the molecule is CCNCCc1ccc(O)c2cccc(O)c12. The zero-order chi connectivity index (χ0) is 12.3. The minimum absolute atomic E-state index is 0.211. The summed E-state index contributed by atoms with van der Waals surface area (Å²) < 4.78 is 0. The summed E-state index contributed by atoms with van der Waals surface area (Å²) >= 11 is 0. The highest BCUT2D eigenvalue weighted by Crippen LogP contribution is 2.33. The molecule has 2 aromatic carbocycles. The molecule has 3 N–H and O–H groups in total. The molecule has 0 amide bonds. The summed E-state index contributed by atoms with van der Waals surface area (Å²) in [6.45, 7) is 3.86. The summed E-state index contributed by atoms with van der Waals surface area (Å²) in [7, 11) is 0. The molecular weight excluding hydrogens is 214 g/mol. The Morgan fingerprint density at radius 1 is 1.06 bits per heavy atom. The maximum absolute atomic E-state index is 9.90. The summed E-state index contributed by atoms with van der Waals surface area (Å²) in [5.41, 5.74) is 1.05. The number of hydrogen-bond acceptors (Lipinski definition) is 3. The summed E-state index contributed by atoms with van der Waals surface area (Å²) in [4.78, 5) is 0. The maximum atomic E-state index is 9.90. The fraction of sp³-hybridized carbons (Fsp3) is 0.286. The Bertz CT molecular complexity index is 523. The lowest BCUT2D eigenvalue weighted by molar-refractivity contribution is 0.475. The van der Waals surface area contributed by atoms with Gasteiger partial charge in [0.25, 0.3) is 0 Å². The summed E-state index contributed by atoms with van der Waals surface area (Å²) in [5.74, 6) is 0.438. The number of likely N-dealkylation sites (N-methyl/N-ethyl adjacent to an activating group) is 1. The maximum Gasteiger partial charge on any atom is 0.123 e. The van der Waals surface area contributed by atoms with Gasteiger partial charge < -0.3 is 15.5 Å². The average molecular weight is 231 g/mol. The van der Waals surface area contributed by atoms with Crippen molar-refractivity contribution in [1.29, 1.82) is 0 Å². The van der Waals surface area contributed by atoms with Gasteiger partial charge in [0.05, 0.1) is 0 Å². The monoisotopic (exact) mass is 231 g/mol. The van der Waals surface area contributed by atoms with Crippen molar-refractivity contribution in [3.63, 3.8) is 0 Å². The van der Waals surface area contributed by atoms with E-state index in [0.29, 0.717) is 5.39 Å². The molecule has 0 bridgehead atoms. The molecule has 0 aliphatic rings. The number of benzene rings is 2. The summed E-state index contributed by atoms with van der Waals surface area (Å²) in [6.07, 6.45) is 0.836. The van der Waals surface area contributed by atoms with Gasteiger partial charge in [-0.2, -0.15) is 0 Å². The van der Waals surface area contributed by atoms with E-state index in [9.17, 15) is 10.2 Å². The first-order valence-corrected chi connectivity index (χ1v) is 5.87. The Morgan fingerprint density at radius 2 is 1.88 bits per heavy atom. The van der Waals surface area contributed by atoms with Crippen LogP contribution in [0.25, 0.3) is 10.8 Å². The van der Waals surface area contributed by atoms with Gasteiger partial charge in [0.15, 0.2) is 0 Å². The predicted molar refractivity (Wildman–Crippen MR) is 69.5 cm³/mol. The first-order chi connectivity index (χ1) is 8.24. The zero-order valence-electron chi connectivity index (χ0n) is 9.90. The molecule has 3 nitrogen and oxygen atoms in total. The van der Waals surface area contributed by atoms with E-state index < -0.39 is 0 Å². The molecule has 0 aromatic heterocycles. The topological polar surface area (TPSA) is 52.5 Å². The molecule has 0 radical (unpaired) electrons. The van der Waals surface area contributed by atoms with Crippen LogP contribution in [-0.4, -0.2) is 23.3 Å². The Labute approximate surface area is 101 Å². The van der Waals surface area contributed by atoms with Crippen molar-refractivity contribution < 1.29 is 10.2 Å². The van der Waals surface area contributed by atoms with Crippen molar-refractivity contribution in [2.24, 2.45) is 0 Å². The fourth-order valence-electron chi connectivity index (χ4n) is 2.05. The van der Waals surface area contributed by atoms with Crippen molar-refractivity contribution in [2.45, 2.75) is 13.3 Å². The lowest BCUT2D eigenvalue weighted by Gasteiger charge is -2.10. The van der Waals surface area contributed by atoms with E-state index in [0.717, 1.165) is 30.5 Å². The minimum Gasteiger partial charge on any atom is -0.507 e.